The van der Waals surface area contributed by atoms with Crippen LogP contribution in [-0.4, -0.2) is 4.98 Å². The van der Waals surface area contributed by atoms with Crippen LogP contribution in [0.3, 0.4) is 0 Å². The Morgan fingerprint density at radius 3 is 2.35 bits per heavy atom. The average Bonchev–Trinajstić information content (AvgIpc) is 2.76. The van der Waals surface area contributed by atoms with Crippen LogP contribution >= 0.6 is 11.6 Å². The second kappa shape index (κ2) is 5.03. The first-order valence-corrected chi connectivity index (χ1v) is 5.79. The first kappa shape index (κ1) is 11.7. The van der Waals surface area contributed by atoms with Gasteiger partial charge in [0.05, 0.1) is 0 Å². The van der Waals surface area contributed by atoms with Crippen molar-refractivity contribution in [3.05, 3.63) is 52.8 Å². The summed E-state index contributed by atoms with van der Waals surface area (Å²) in [5, 5.41) is 0.778. The van der Waals surface area contributed by atoms with Gasteiger partial charge < -0.3 is 0 Å². The predicted molar refractivity (Wildman–Crippen MR) is 72.0 cm³/mol. The molecule has 0 atom stereocenters. The Morgan fingerprint density at radius 1 is 0.941 bits per heavy atom. The lowest BCUT2D eigenvalue weighted by atomic mass is 10.0. The number of hydrogen-bond donors (Lipinski definition) is 0. The number of aromatic nitrogens is 1. The lowest BCUT2D eigenvalue weighted by Gasteiger charge is -2.03. The summed E-state index contributed by atoms with van der Waals surface area (Å²) in [6.07, 6.45) is 10.2. The number of rotatable bonds is 1. The number of fused-ring (bicyclic) bond motifs is 2. The largest absolute Gasteiger partial charge is 0.257 e. The van der Waals surface area contributed by atoms with Gasteiger partial charge in [-0.3, -0.25) is 4.98 Å². The van der Waals surface area contributed by atoms with Crippen molar-refractivity contribution >= 4 is 11.6 Å². The molecule has 0 saturated carbocycles. The molecule has 0 amide bonds. The number of halogens is 1. The molecule has 0 radical (unpaired) electrons. The third-order valence-corrected chi connectivity index (χ3v) is 3.06. The van der Waals surface area contributed by atoms with E-state index in [2.05, 4.69) is 30.0 Å². The Kier molecular flexibility index (Phi) is 3.46. The summed E-state index contributed by atoms with van der Waals surface area (Å²) in [6, 6.07) is 12.2. The van der Waals surface area contributed by atoms with E-state index in [1.807, 2.05) is 24.3 Å². The van der Waals surface area contributed by atoms with E-state index < -0.39 is 0 Å². The molecule has 0 N–H and O–H groups in total. The Balaban J connectivity index is 0.000000514. The summed E-state index contributed by atoms with van der Waals surface area (Å²) in [4.78, 5) is 4.55. The fraction of sp³-hybridized carbons (Fsp3) is 0.133. The first-order chi connectivity index (χ1) is 8.33. The van der Waals surface area contributed by atoms with Gasteiger partial charge in [0.2, 0.25) is 0 Å². The number of aryl methyl sites for hydroxylation is 2. The number of hydrogen-bond acceptors (Lipinski definition) is 1. The van der Waals surface area contributed by atoms with E-state index in [-0.39, 0.29) is 0 Å². The quantitative estimate of drug-likeness (QED) is 0.693. The highest BCUT2D eigenvalue weighted by Crippen LogP contribution is 2.28. The monoisotopic (exact) mass is 241 g/mol. The summed E-state index contributed by atoms with van der Waals surface area (Å²) in [5.41, 5.74) is 4.88. The smallest absolute Gasteiger partial charge is 0.0489 e. The highest BCUT2D eigenvalue weighted by atomic mass is 35.5. The minimum absolute atomic E-state index is 0.778. The molecule has 0 saturated heterocycles. The van der Waals surface area contributed by atoms with Crippen LogP contribution in [-0.2, 0) is 12.8 Å². The lowest BCUT2D eigenvalue weighted by molar-refractivity contribution is 1.03. The van der Waals surface area contributed by atoms with Crippen molar-refractivity contribution in [2.24, 2.45) is 0 Å². The maximum atomic E-state index is 5.87. The highest BCUT2D eigenvalue weighted by Gasteiger charge is 2.13. The van der Waals surface area contributed by atoms with Gasteiger partial charge in [0.15, 0.2) is 0 Å². The summed E-state index contributed by atoms with van der Waals surface area (Å²) < 4.78 is 0. The maximum absolute atomic E-state index is 5.87. The molecule has 2 aromatic rings. The van der Waals surface area contributed by atoms with E-state index in [4.69, 9.17) is 11.6 Å². The summed E-state index contributed by atoms with van der Waals surface area (Å²) in [6.45, 7) is 0. The molecule has 1 aromatic carbocycles. The molecule has 0 fully saturated rings. The van der Waals surface area contributed by atoms with E-state index in [0.29, 0.717) is 0 Å². The van der Waals surface area contributed by atoms with Crippen molar-refractivity contribution in [3.8, 4) is 24.0 Å². The Hall–Kier alpha value is -1.78. The molecule has 0 unspecified atom stereocenters. The molecule has 2 heterocycles. The minimum atomic E-state index is 0.778. The van der Waals surface area contributed by atoms with Crippen LogP contribution in [0.2, 0.25) is 5.02 Å². The molecule has 17 heavy (non-hydrogen) atoms. The van der Waals surface area contributed by atoms with Gasteiger partial charge in [0, 0.05) is 22.0 Å². The molecular weight excluding hydrogens is 230 g/mol. The predicted octanol–water partition coefficient (Wildman–Crippen LogP) is 3.75. The highest BCUT2D eigenvalue weighted by molar-refractivity contribution is 6.30. The zero-order chi connectivity index (χ0) is 12.3. The van der Waals surface area contributed by atoms with E-state index in [0.717, 1.165) is 17.9 Å². The van der Waals surface area contributed by atoms with Crippen LogP contribution in [0.5, 0.6) is 0 Å². The average molecular weight is 242 g/mol. The van der Waals surface area contributed by atoms with Crippen LogP contribution < -0.4 is 0 Å². The standard InChI is InChI=1S/C13H10ClN.C2H2/c14-10-3-1-9(2-4-10)12-7-5-11-6-8-13(12)15-11;1-2/h1-5,7H,6,8H2;1-2H. The topological polar surface area (TPSA) is 12.9 Å². The molecule has 0 spiro atoms. The lowest BCUT2D eigenvalue weighted by Crippen LogP contribution is -1.86. The molecule has 1 aliphatic rings. The number of nitrogens with zero attached hydrogens (tertiary/aromatic N) is 1. The van der Waals surface area contributed by atoms with Crippen LogP contribution in [0.1, 0.15) is 11.4 Å². The molecule has 1 aromatic heterocycles. The summed E-state index contributed by atoms with van der Waals surface area (Å²) in [5.74, 6) is 0. The zero-order valence-electron chi connectivity index (χ0n) is 9.36. The molecule has 2 heteroatoms. The molecule has 3 rings (SSSR count). The second-order valence-corrected chi connectivity index (χ2v) is 4.24. The van der Waals surface area contributed by atoms with Crippen LogP contribution in [0.4, 0.5) is 0 Å². The van der Waals surface area contributed by atoms with Gasteiger partial charge in [-0.15, -0.1) is 12.8 Å². The van der Waals surface area contributed by atoms with E-state index >= 15 is 0 Å². The van der Waals surface area contributed by atoms with Gasteiger partial charge in [-0.1, -0.05) is 29.8 Å². The van der Waals surface area contributed by atoms with Gasteiger partial charge in [-0.2, -0.15) is 0 Å². The number of terminal acetylenes is 1. The van der Waals surface area contributed by atoms with Crippen LogP contribution in [0.15, 0.2) is 36.4 Å². The summed E-state index contributed by atoms with van der Waals surface area (Å²) >= 11 is 5.87. The van der Waals surface area contributed by atoms with E-state index in [1.54, 1.807) is 0 Å². The van der Waals surface area contributed by atoms with Crippen molar-refractivity contribution in [3.63, 3.8) is 0 Å². The van der Waals surface area contributed by atoms with Crippen molar-refractivity contribution in [2.75, 3.05) is 0 Å². The molecule has 0 aliphatic carbocycles. The summed E-state index contributed by atoms with van der Waals surface area (Å²) in [7, 11) is 0. The van der Waals surface area contributed by atoms with Crippen LogP contribution in [0, 0.1) is 12.8 Å². The Labute approximate surface area is 106 Å². The number of pyridine rings is 1. The molecule has 1 nitrogen and oxygen atoms in total. The van der Waals surface area contributed by atoms with E-state index in [9.17, 15) is 0 Å². The van der Waals surface area contributed by atoms with Gasteiger partial charge in [-0.05, 0) is 36.6 Å². The van der Waals surface area contributed by atoms with Crippen molar-refractivity contribution in [2.45, 2.75) is 12.8 Å². The fourth-order valence-electron chi connectivity index (χ4n) is 2.02. The Bertz CT molecular complexity index is 541. The fourth-order valence-corrected chi connectivity index (χ4v) is 2.14. The third kappa shape index (κ3) is 2.33. The molecule has 84 valence electrons. The molecule has 2 bridgehead atoms. The van der Waals surface area contributed by atoms with Gasteiger partial charge in [0.25, 0.3) is 0 Å². The van der Waals surface area contributed by atoms with Gasteiger partial charge >= 0.3 is 0 Å². The number of benzene rings is 1. The maximum Gasteiger partial charge on any atom is 0.0489 e. The SMILES string of the molecule is C#C.Clc1ccc(-c2ccc3nc2CC3)cc1. The minimum Gasteiger partial charge on any atom is -0.257 e. The molecule has 1 aliphatic heterocycles. The Morgan fingerprint density at radius 2 is 1.65 bits per heavy atom. The van der Waals surface area contributed by atoms with Gasteiger partial charge in [-0.25, -0.2) is 0 Å². The third-order valence-electron chi connectivity index (χ3n) is 2.81. The zero-order valence-corrected chi connectivity index (χ0v) is 10.1. The second-order valence-electron chi connectivity index (χ2n) is 3.80. The molecular formula is C15H12ClN. The normalized spacial score (nSPS) is 11.7. The van der Waals surface area contributed by atoms with Crippen LogP contribution in [0.25, 0.3) is 11.1 Å². The first-order valence-electron chi connectivity index (χ1n) is 5.41. The van der Waals surface area contributed by atoms with E-state index in [1.165, 1.54) is 22.5 Å². The van der Waals surface area contributed by atoms with Gasteiger partial charge in [0.1, 0.15) is 0 Å². The van der Waals surface area contributed by atoms with Crippen molar-refractivity contribution < 1.29 is 0 Å². The van der Waals surface area contributed by atoms with Crippen molar-refractivity contribution in [1.29, 1.82) is 0 Å². The van der Waals surface area contributed by atoms with Crippen molar-refractivity contribution in [1.82, 2.24) is 4.98 Å².